The number of carboxylic acid groups (broad SMARTS) is 1. The molecule has 0 unspecified atom stereocenters. The second-order valence-corrected chi connectivity index (χ2v) is 5.65. The Hall–Kier alpha value is -1.30. The maximum atomic E-state index is 11.2. The van der Waals surface area contributed by atoms with Crippen LogP contribution in [0.5, 0.6) is 0 Å². The molecule has 0 saturated heterocycles. The van der Waals surface area contributed by atoms with Crippen LogP contribution in [-0.4, -0.2) is 35.6 Å². The van der Waals surface area contributed by atoms with Gasteiger partial charge >= 0.3 is 5.97 Å². The highest BCUT2D eigenvalue weighted by Gasteiger charge is 2.09. The third-order valence-corrected chi connectivity index (χ3v) is 3.78. The molecule has 1 aromatic rings. The first kappa shape index (κ1) is 11.8. The number of carbonyl (C=O) groups is 1. The van der Waals surface area contributed by atoms with Crippen molar-refractivity contribution >= 4 is 15.8 Å². The molecule has 0 aromatic carbocycles. The maximum absolute atomic E-state index is 11.2. The summed E-state index contributed by atoms with van der Waals surface area (Å²) in [6.07, 6.45) is 2.99. The summed E-state index contributed by atoms with van der Waals surface area (Å²) in [5.41, 5.74) is 0.170. The topological polar surface area (TPSA) is 76.4 Å². The van der Waals surface area contributed by atoms with Crippen LogP contribution in [0.3, 0.4) is 0 Å². The molecule has 0 aliphatic heterocycles. The monoisotopic (exact) mass is 231 g/mol. The number of nitrogens with zero attached hydrogens (tertiary/aromatic N) is 1. The smallest absolute Gasteiger partial charge is 0.337 e. The van der Waals surface area contributed by atoms with Gasteiger partial charge in [-0.2, -0.15) is 0 Å². The van der Waals surface area contributed by atoms with Gasteiger partial charge in [0.2, 0.25) is 0 Å². The first-order valence-corrected chi connectivity index (χ1v) is 6.36. The minimum Gasteiger partial charge on any atom is -0.478 e. The van der Waals surface area contributed by atoms with Crippen molar-refractivity contribution in [3.63, 3.8) is 0 Å². The summed E-state index contributed by atoms with van der Waals surface area (Å²) < 4.78 is 23.9. The molecule has 6 heteroatoms. The third kappa shape index (κ3) is 3.39. The van der Waals surface area contributed by atoms with Gasteiger partial charge in [0.05, 0.1) is 11.3 Å². The van der Waals surface area contributed by atoms with Gasteiger partial charge in [-0.1, -0.05) is 6.92 Å². The lowest BCUT2D eigenvalue weighted by Gasteiger charge is -2.02. The lowest BCUT2D eigenvalue weighted by atomic mass is 10.4. The minimum absolute atomic E-state index is 0.0389. The number of hydrogen-bond donors (Lipinski definition) is 1. The fourth-order valence-corrected chi connectivity index (χ4v) is 1.87. The quantitative estimate of drug-likeness (QED) is 0.806. The molecule has 0 aliphatic carbocycles. The minimum atomic E-state index is -3.00. The molecule has 1 N–H and O–H groups in total. The first-order chi connectivity index (χ1) is 6.94. The Balaban J connectivity index is 2.63. The number of carboxylic acids is 1. The SMILES string of the molecule is CCS(=O)(=O)CCn1ccc(C(=O)O)c1. The Bertz CT molecular complexity index is 446. The second kappa shape index (κ2) is 4.48. The second-order valence-electron chi connectivity index (χ2n) is 3.18. The lowest BCUT2D eigenvalue weighted by molar-refractivity contribution is 0.0697. The van der Waals surface area contributed by atoms with Crippen molar-refractivity contribution in [3.8, 4) is 0 Å². The van der Waals surface area contributed by atoms with Crippen molar-refractivity contribution in [2.45, 2.75) is 13.5 Å². The van der Waals surface area contributed by atoms with E-state index in [0.717, 1.165) is 0 Å². The van der Waals surface area contributed by atoms with Crippen molar-refractivity contribution in [2.75, 3.05) is 11.5 Å². The Morgan fingerprint density at radius 2 is 2.20 bits per heavy atom. The zero-order chi connectivity index (χ0) is 11.5. The molecule has 15 heavy (non-hydrogen) atoms. The molecule has 0 bridgehead atoms. The van der Waals surface area contributed by atoms with Gasteiger partial charge in [0.25, 0.3) is 0 Å². The average Bonchev–Trinajstić information content (AvgIpc) is 2.63. The highest BCUT2D eigenvalue weighted by Crippen LogP contribution is 2.02. The van der Waals surface area contributed by atoms with Crippen molar-refractivity contribution in [1.82, 2.24) is 4.57 Å². The van der Waals surface area contributed by atoms with Crippen LogP contribution in [0.4, 0.5) is 0 Å². The van der Waals surface area contributed by atoms with Crippen LogP contribution < -0.4 is 0 Å². The van der Waals surface area contributed by atoms with Crippen LogP contribution >= 0.6 is 0 Å². The molecule has 1 rings (SSSR count). The van der Waals surface area contributed by atoms with Gasteiger partial charge in [-0.05, 0) is 6.07 Å². The van der Waals surface area contributed by atoms with E-state index in [1.165, 1.54) is 12.3 Å². The Kier molecular flexibility index (Phi) is 3.52. The number of aryl methyl sites for hydroxylation is 1. The van der Waals surface area contributed by atoms with Crippen molar-refractivity contribution in [1.29, 1.82) is 0 Å². The number of sulfone groups is 1. The predicted molar refractivity (Wildman–Crippen MR) is 55.7 cm³/mol. The van der Waals surface area contributed by atoms with Crippen LogP contribution in [0, 0.1) is 0 Å². The largest absolute Gasteiger partial charge is 0.478 e. The molecular formula is C9H13NO4S. The van der Waals surface area contributed by atoms with E-state index in [1.807, 2.05) is 0 Å². The maximum Gasteiger partial charge on any atom is 0.337 e. The molecule has 0 aliphatic rings. The summed E-state index contributed by atoms with van der Waals surface area (Å²) in [5.74, 6) is -0.857. The van der Waals surface area contributed by atoms with E-state index in [0.29, 0.717) is 6.54 Å². The van der Waals surface area contributed by atoms with Crippen molar-refractivity contribution in [3.05, 3.63) is 24.0 Å². The van der Waals surface area contributed by atoms with Crippen molar-refractivity contribution in [2.24, 2.45) is 0 Å². The molecule has 0 spiro atoms. The third-order valence-electron chi connectivity index (χ3n) is 2.10. The summed E-state index contributed by atoms with van der Waals surface area (Å²) in [7, 11) is -3.00. The van der Waals surface area contributed by atoms with E-state index in [1.54, 1.807) is 17.7 Å². The molecule has 0 amide bonds. The average molecular weight is 231 g/mol. The zero-order valence-corrected chi connectivity index (χ0v) is 9.20. The van der Waals surface area contributed by atoms with Crippen LogP contribution in [-0.2, 0) is 16.4 Å². The zero-order valence-electron chi connectivity index (χ0n) is 8.38. The summed E-state index contributed by atoms with van der Waals surface area (Å²) in [6, 6.07) is 1.45. The van der Waals surface area contributed by atoms with E-state index >= 15 is 0 Å². The van der Waals surface area contributed by atoms with Gasteiger partial charge in [-0.3, -0.25) is 0 Å². The number of aromatic nitrogens is 1. The standard InChI is InChI=1S/C9H13NO4S/c1-2-15(13,14)6-5-10-4-3-8(7-10)9(11)12/h3-4,7H,2,5-6H2,1H3,(H,11,12). The van der Waals surface area contributed by atoms with Gasteiger partial charge in [0.1, 0.15) is 0 Å². The van der Waals surface area contributed by atoms with Crippen LogP contribution in [0.15, 0.2) is 18.5 Å². The van der Waals surface area contributed by atoms with Gasteiger partial charge in [0, 0.05) is 24.7 Å². The van der Waals surface area contributed by atoms with Crippen LogP contribution in [0.1, 0.15) is 17.3 Å². The van der Waals surface area contributed by atoms with Crippen molar-refractivity contribution < 1.29 is 18.3 Å². The molecule has 0 fully saturated rings. The van der Waals surface area contributed by atoms with Gasteiger partial charge in [-0.15, -0.1) is 0 Å². The predicted octanol–water partition coefficient (Wildman–Crippen LogP) is 0.621. The molecular weight excluding hydrogens is 218 g/mol. The highest BCUT2D eigenvalue weighted by atomic mass is 32.2. The summed E-state index contributed by atoms with van der Waals surface area (Å²) >= 11 is 0. The molecule has 5 nitrogen and oxygen atoms in total. The van der Waals surface area contributed by atoms with E-state index in [4.69, 9.17) is 5.11 Å². The Labute approximate surface area is 88.3 Å². The summed E-state index contributed by atoms with van der Waals surface area (Å²) in [6.45, 7) is 1.89. The summed E-state index contributed by atoms with van der Waals surface area (Å²) in [4.78, 5) is 10.5. The molecule has 0 atom stereocenters. The van der Waals surface area contributed by atoms with Crippen LogP contribution in [0.2, 0.25) is 0 Å². The van der Waals surface area contributed by atoms with Gasteiger partial charge in [0.15, 0.2) is 9.84 Å². The van der Waals surface area contributed by atoms with E-state index in [2.05, 4.69) is 0 Å². The molecule has 0 saturated carbocycles. The first-order valence-electron chi connectivity index (χ1n) is 4.54. The normalized spacial score (nSPS) is 11.5. The molecule has 84 valence electrons. The van der Waals surface area contributed by atoms with Crippen LogP contribution in [0.25, 0.3) is 0 Å². The van der Waals surface area contributed by atoms with E-state index in [-0.39, 0.29) is 17.1 Å². The fourth-order valence-electron chi connectivity index (χ4n) is 1.10. The summed E-state index contributed by atoms with van der Waals surface area (Å²) in [5, 5.41) is 8.64. The number of hydrogen-bond acceptors (Lipinski definition) is 3. The molecule has 0 radical (unpaired) electrons. The molecule has 1 aromatic heterocycles. The molecule has 1 heterocycles. The van der Waals surface area contributed by atoms with Gasteiger partial charge < -0.3 is 9.67 Å². The fraction of sp³-hybridized carbons (Fsp3) is 0.444. The lowest BCUT2D eigenvalue weighted by Crippen LogP contribution is -2.13. The Morgan fingerprint density at radius 1 is 1.53 bits per heavy atom. The van der Waals surface area contributed by atoms with Gasteiger partial charge in [-0.25, -0.2) is 13.2 Å². The van der Waals surface area contributed by atoms with E-state index in [9.17, 15) is 13.2 Å². The number of rotatable bonds is 5. The Morgan fingerprint density at radius 3 is 2.67 bits per heavy atom. The van der Waals surface area contributed by atoms with E-state index < -0.39 is 15.8 Å². The highest BCUT2D eigenvalue weighted by molar-refractivity contribution is 7.91. The number of aromatic carboxylic acids is 1.